The number of hydrogen-bond donors (Lipinski definition) is 1. The molecule has 2 saturated heterocycles. The van der Waals surface area contributed by atoms with Crippen molar-refractivity contribution >= 4 is 23.5 Å². The molecule has 2 atom stereocenters. The van der Waals surface area contributed by atoms with Crippen molar-refractivity contribution in [2.45, 2.75) is 37.1 Å². The van der Waals surface area contributed by atoms with Crippen LogP contribution in [0.25, 0.3) is 5.65 Å². The largest absolute Gasteiger partial charge is 0.340 e. The van der Waals surface area contributed by atoms with Gasteiger partial charge in [-0.1, -0.05) is 30.3 Å². The Balaban J connectivity index is 1.19. The Morgan fingerprint density at radius 2 is 1.97 bits per heavy atom. The fourth-order valence-electron chi connectivity index (χ4n) is 5.52. The Morgan fingerprint density at radius 1 is 1.12 bits per heavy atom. The number of piperidine rings is 1. The van der Waals surface area contributed by atoms with Crippen LogP contribution in [0.3, 0.4) is 0 Å². The molecule has 1 aromatic carbocycles. The number of imide groups is 1. The van der Waals surface area contributed by atoms with Gasteiger partial charge in [0, 0.05) is 25.2 Å². The zero-order chi connectivity index (χ0) is 22.6. The van der Waals surface area contributed by atoms with Gasteiger partial charge in [-0.2, -0.15) is 0 Å². The molecule has 9 heteroatoms. The molecule has 4 amide bonds. The van der Waals surface area contributed by atoms with Crippen molar-refractivity contribution in [3.8, 4) is 0 Å². The average molecular weight is 444 g/mol. The molecular formula is C24H24N6O3. The smallest absolute Gasteiger partial charge is 0.325 e. The highest BCUT2D eigenvalue weighted by molar-refractivity contribution is 6.09. The lowest BCUT2D eigenvalue weighted by Crippen LogP contribution is -2.47. The second-order valence-corrected chi connectivity index (χ2v) is 9.05. The van der Waals surface area contributed by atoms with E-state index in [9.17, 15) is 14.4 Å². The number of amides is 4. The zero-order valence-corrected chi connectivity index (χ0v) is 18.1. The van der Waals surface area contributed by atoms with Crippen molar-refractivity contribution < 1.29 is 14.4 Å². The van der Waals surface area contributed by atoms with Crippen molar-refractivity contribution in [1.82, 2.24) is 29.7 Å². The van der Waals surface area contributed by atoms with Gasteiger partial charge in [0.1, 0.15) is 17.9 Å². The van der Waals surface area contributed by atoms with E-state index in [0.29, 0.717) is 19.5 Å². The van der Waals surface area contributed by atoms with Crippen LogP contribution in [0.2, 0.25) is 0 Å². The number of carbonyl (C=O) groups excluding carboxylic acids is 3. The second-order valence-electron chi connectivity index (χ2n) is 9.05. The number of benzene rings is 1. The van der Waals surface area contributed by atoms with E-state index in [4.69, 9.17) is 0 Å². The Morgan fingerprint density at radius 3 is 2.88 bits per heavy atom. The van der Waals surface area contributed by atoms with E-state index in [0.717, 1.165) is 46.8 Å². The van der Waals surface area contributed by atoms with Gasteiger partial charge in [-0.3, -0.25) is 18.9 Å². The van der Waals surface area contributed by atoms with Crippen LogP contribution in [-0.4, -0.2) is 61.9 Å². The third kappa shape index (κ3) is 3.02. The topological polar surface area (TPSA) is 99.9 Å². The molecule has 2 aromatic heterocycles. The number of urea groups is 1. The average Bonchev–Trinajstić information content (AvgIpc) is 3.51. The van der Waals surface area contributed by atoms with E-state index < -0.39 is 11.6 Å². The molecule has 1 aliphatic carbocycles. The molecule has 6 rings (SSSR count). The number of hydrogen-bond acceptors (Lipinski definition) is 5. The van der Waals surface area contributed by atoms with E-state index in [-0.39, 0.29) is 24.3 Å². The highest BCUT2D eigenvalue weighted by atomic mass is 16.2. The van der Waals surface area contributed by atoms with E-state index in [1.165, 1.54) is 0 Å². The van der Waals surface area contributed by atoms with E-state index >= 15 is 0 Å². The molecule has 3 aromatic rings. The standard InChI is InChI=1S/C24H24N6O3/c31-20(28-12-5-7-17(14-28)21-27-26-19-9-3-4-13-29(19)21)15-30-22(32)24(25-23(30)33)11-10-16-6-1-2-8-18(16)24/h1-4,6,8-9,13,17H,5,7,10-12,14-15H2,(H,25,33). The molecule has 3 aliphatic rings. The number of likely N-dealkylation sites (tertiary alicyclic amines) is 1. The SMILES string of the molecule is O=C(CN1C(=O)NC2(CCc3ccccc32)C1=O)N1CCCC(c2nnc3ccccn23)C1. The Hall–Kier alpha value is -3.75. The maximum atomic E-state index is 13.4. The number of aryl methyl sites for hydroxylation is 1. The number of nitrogens with one attached hydrogen (secondary N) is 1. The van der Waals surface area contributed by atoms with Crippen molar-refractivity contribution in [2.75, 3.05) is 19.6 Å². The first-order valence-corrected chi connectivity index (χ1v) is 11.4. The molecule has 2 aliphatic heterocycles. The van der Waals surface area contributed by atoms with Gasteiger partial charge >= 0.3 is 6.03 Å². The third-order valence-corrected chi connectivity index (χ3v) is 7.19. The summed E-state index contributed by atoms with van der Waals surface area (Å²) < 4.78 is 1.96. The lowest BCUT2D eigenvalue weighted by Gasteiger charge is -2.32. The van der Waals surface area contributed by atoms with Crippen LogP contribution in [0.5, 0.6) is 0 Å². The summed E-state index contributed by atoms with van der Waals surface area (Å²) in [5.41, 5.74) is 1.64. The molecule has 2 unspecified atom stereocenters. The van der Waals surface area contributed by atoms with Crippen LogP contribution >= 0.6 is 0 Å². The van der Waals surface area contributed by atoms with Gasteiger partial charge in [-0.25, -0.2) is 4.79 Å². The second kappa shape index (κ2) is 7.40. The van der Waals surface area contributed by atoms with Gasteiger partial charge < -0.3 is 10.2 Å². The summed E-state index contributed by atoms with van der Waals surface area (Å²) in [7, 11) is 0. The Labute approximate surface area is 190 Å². The minimum atomic E-state index is -1.04. The summed E-state index contributed by atoms with van der Waals surface area (Å²) in [5, 5.41) is 11.5. The van der Waals surface area contributed by atoms with Crippen molar-refractivity contribution in [3.05, 3.63) is 65.6 Å². The summed E-state index contributed by atoms with van der Waals surface area (Å²) >= 11 is 0. The number of aromatic nitrogens is 3. The van der Waals surface area contributed by atoms with E-state index in [1.807, 2.05) is 53.1 Å². The minimum Gasteiger partial charge on any atom is -0.340 e. The summed E-state index contributed by atoms with van der Waals surface area (Å²) in [6.45, 7) is 0.845. The Kier molecular flexibility index (Phi) is 4.46. The molecule has 0 saturated carbocycles. The molecule has 168 valence electrons. The molecule has 0 bridgehead atoms. The van der Waals surface area contributed by atoms with Crippen LogP contribution in [0.15, 0.2) is 48.7 Å². The van der Waals surface area contributed by atoms with Crippen LogP contribution in [0.1, 0.15) is 42.1 Å². The quantitative estimate of drug-likeness (QED) is 0.622. The molecule has 1 N–H and O–H groups in total. The highest BCUT2D eigenvalue weighted by Gasteiger charge is 2.55. The summed E-state index contributed by atoms with van der Waals surface area (Å²) in [5.74, 6) is 0.332. The first-order chi connectivity index (χ1) is 16.1. The number of carbonyl (C=O) groups is 3. The first-order valence-electron chi connectivity index (χ1n) is 11.4. The summed E-state index contributed by atoms with van der Waals surface area (Å²) in [6, 6.07) is 12.9. The Bertz CT molecular complexity index is 1290. The van der Waals surface area contributed by atoms with Crippen molar-refractivity contribution in [3.63, 3.8) is 0 Å². The van der Waals surface area contributed by atoms with E-state index in [1.54, 1.807) is 4.90 Å². The van der Waals surface area contributed by atoms with Gasteiger partial charge in [0.25, 0.3) is 5.91 Å². The highest BCUT2D eigenvalue weighted by Crippen LogP contribution is 2.41. The molecule has 2 fully saturated rings. The normalized spacial score (nSPS) is 24.5. The van der Waals surface area contributed by atoms with Gasteiger partial charge in [-0.15, -0.1) is 10.2 Å². The van der Waals surface area contributed by atoms with Crippen LogP contribution in [-0.2, 0) is 21.5 Å². The molecule has 4 heterocycles. The summed E-state index contributed by atoms with van der Waals surface area (Å²) in [4.78, 5) is 42.2. The fraction of sp³-hybridized carbons (Fsp3) is 0.375. The monoisotopic (exact) mass is 444 g/mol. The number of fused-ring (bicyclic) bond motifs is 3. The van der Waals surface area contributed by atoms with Gasteiger partial charge in [0.2, 0.25) is 5.91 Å². The van der Waals surface area contributed by atoms with Gasteiger partial charge in [0.15, 0.2) is 5.65 Å². The van der Waals surface area contributed by atoms with Crippen molar-refractivity contribution in [2.24, 2.45) is 0 Å². The first kappa shape index (κ1) is 19.9. The summed E-state index contributed by atoms with van der Waals surface area (Å²) in [6.07, 6.45) is 4.91. The minimum absolute atomic E-state index is 0.0521. The van der Waals surface area contributed by atoms with Crippen LogP contribution in [0.4, 0.5) is 4.79 Å². The predicted octanol–water partition coefficient (Wildman–Crippen LogP) is 1.83. The van der Waals surface area contributed by atoms with Crippen molar-refractivity contribution in [1.29, 1.82) is 0 Å². The lowest BCUT2D eigenvalue weighted by atomic mass is 9.92. The van der Waals surface area contributed by atoms with Crippen LogP contribution < -0.4 is 5.32 Å². The number of nitrogens with zero attached hydrogens (tertiary/aromatic N) is 5. The van der Waals surface area contributed by atoms with Gasteiger partial charge in [0.05, 0.1) is 0 Å². The molecule has 0 radical (unpaired) electrons. The molecule has 1 spiro atoms. The third-order valence-electron chi connectivity index (χ3n) is 7.19. The maximum absolute atomic E-state index is 13.4. The van der Waals surface area contributed by atoms with E-state index in [2.05, 4.69) is 15.5 Å². The number of rotatable bonds is 3. The molecule has 33 heavy (non-hydrogen) atoms. The predicted molar refractivity (Wildman–Crippen MR) is 118 cm³/mol. The van der Waals surface area contributed by atoms with Gasteiger partial charge in [-0.05, 0) is 48.9 Å². The molecular weight excluding hydrogens is 420 g/mol. The zero-order valence-electron chi connectivity index (χ0n) is 18.1. The lowest BCUT2D eigenvalue weighted by molar-refractivity contribution is -0.139. The van der Waals surface area contributed by atoms with Crippen LogP contribution in [0, 0.1) is 0 Å². The fourth-order valence-corrected chi connectivity index (χ4v) is 5.52. The molecule has 9 nitrogen and oxygen atoms in total. The number of pyridine rings is 1. The maximum Gasteiger partial charge on any atom is 0.325 e.